The Hall–Kier alpha value is -7.29. The molecule has 0 saturated carbocycles. The maximum Gasteiger partial charge on any atom is 0.145 e. The second kappa shape index (κ2) is 11.6. The number of fused-ring (bicyclic) bond motifs is 8. The van der Waals surface area contributed by atoms with Gasteiger partial charge in [0.15, 0.2) is 0 Å². The van der Waals surface area contributed by atoms with Crippen molar-refractivity contribution in [2.45, 2.75) is 0 Å². The zero-order valence-corrected chi connectivity index (χ0v) is 29.9. The highest BCUT2D eigenvalue weighted by atomic mass is 15.0. The smallest absolute Gasteiger partial charge is 0.145 e. The van der Waals surface area contributed by atoms with E-state index in [-0.39, 0.29) is 0 Å². The Kier molecular flexibility index (Phi) is 6.37. The normalized spacial score (nSPS) is 12.0. The molecule has 254 valence electrons. The molecule has 0 aliphatic heterocycles. The first-order valence-corrected chi connectivity index (χ1v) is 19.0. The van der Waals surface area contributed by atoms with Crippen LogP contribution < -0.4 is 0 Å². The van der Waals surface area contributed by atoms with Crippen LogP contribution in [-0.4, -0.2) is 9.55 Å². The predicted molar refractivity (Wildman–Crippen MR) is 232 cm³/mol. The van der Waals surface area contributed by atoms with E-state index in [1.54, 1.807) is 0 Å². The number of aromatic nitrogens is 2. The van der Waals surface area contributed by atoms with Gasteiger partial charge in [0, 0.05) is 22.7 Å². The van der Waals surface area contributed by atoms with Crippen molar-refractivity contribution in [3.63, 3.8) is 0 Å². The molecule has 0 bridgehead atoms. The van der Waals surface area contributed by atoms with E-state index in [9.17, 15) is 0 Å². The molecule has 2 nitrogen and oxygen atoms in total. The highest BCUT2D eigenvalue weighted by molar-refractivity contribution is 6.28. The van der Waals surface area contributed by atoms with Gasteiger partial charge >= 0.3 is 0 Å². The molecular formula is C53H32N2. The topological polar surface area (TPSA) is 17.8 Å². The van der Waals surface area contributed by atoms with Crippen LogP contribution >= 0.6 is 0 Å². The third-order valence-corrected chi connectivity index (χ3v) is 11.8. The Morgan fingerprint density at radius 3 is 1.60 bits per heavy atom. The standard InChI is InChI=1S/C53H32N2/c1-3-13-34(14-4-1)48-41-19-9-10-20-42(41)49(35-15-5-2-6-16-35)52-45-29-28-39(40-21-11-22-44(50(40)45)51(48)52)33-24-26-38(27-25-33)55-47-32-37-18-8-7-17-36(37)31-46(47)43-23-12-30-54-53(43)55/h1-32H. The fourth-order valence-electron chi connectivity index (χ4n) is 9.44. The zero-order valence-electron chi connectivity index (χ0n) is 29.9. The van der Waals surface area contributed by atoms with Crippen LogP contribution in [0.2, 0.25) is 0 Å². The summed E-state index contributed by atoms with van der Waals surface area (Å²) in [6, 6.07) is 68.9. The lowest BCUT2D eigenvalue weighted by Gasteiger charge is -2.20. The van der Waals surface area contributed by atoms with Crippen LogP contribution in [-0.2, 0) is 0 Å². The van der Waals surface area contributed by atoms with Crippen LogP contribution in [0.4, 0.5) is 0 Å². The summed E-state index contributed by atoms with van der Waals surface area (Å²) in [5.74, 6) is 0. The predicted octanol–water partition coefficient (Wildman–Crippen LogP) is 14.3. The van der Waals surface area contributed by atoms with Gasteiger partial charge in [0.2, 0.25) is 0 Å². The summed E-state index contributed by atoms with van der Waals surface area (Å²) in [5, 5.41) is 9.99. The van der Waals surface area contributed by atoms with Crippen molar-refractivity contribution < 1.29 is 0 Å². The number of benzene rings is 9. The fraction of sp³-hybridized carbons (Fsp3) is 0. The number of pyridine rings is 1. The van der Waals surface area contributed by atoms with Gasteiger partial charge in [-0.1, -0.05) is 152 Å². The molecule has 2 aromatic heterocycles. The van der Waals surface area contributed by atoms with Crippen LogP contribution in [0.3, 0.4) is 0 Å². The summed E-state index contributed by atoms with van der Waals surface area (Å²) in [5.41, 5.74) is 16.0. The molecule has 0 N–H and O–H groups in total. The van der Waals surface area contributed by atoms with E-state index in [0.29, 0.717) is 0 Å². The largest absolute Gasteiger partial charge is 0.294 e. The van der Waals surface area contributed by atoms with Gasteiger partial charge in [-0.2, -0.15) is 0 Å². The maximum atomic E-state index is 4.89. The maximum absolute atomic E-state index is 4.89. The van der Waals surface area contributed by atoms with E-state index in [4.69, 9.17) is 4.98 Å². The zero-order chi connectivity index (χ0) is 36.0. The van der Waals surface area contributed by atoms with Gasteiger partial charge < -0.3 is 0 Å². The van der Waals surface area contributed by atoms with Gasteiger partial charge in [-0.15, -0.1) is 0 Å². The highest BCUT2D eigenvalue weighted by Crippen LogP contribution is 2.58. The lowest BCUT2D eigenvalue weighted by molar-refractivity contribution is 1.14. The van der Waals surface area contributed by atoms with Crippen molar-refractivity contribution in [2.75, 3.05) is 0 Å². The Balaban J connectivity index is 1.08. The minimum absolute atomic E-state index is 0.972. The van der Waals surface area contributed by atoms with Gasteiger partial charge in [-0.05, 0) is 124 Å². The summed E-state index contributed by atoms with van der Waals surface area (Å²) >= 11 is 0. The third kappa shape index (κ3) is 4.34. The Morgan fingerprint density at radius 2 is 0.909 bits per heavy atom. The van der Waals surface area contributed by atoms with E-state index < -0.39 is 0 Å². The summed E-state index contributed by atoms with van der Waals surface area (Å²) in [7, 11) is 0. The molecule has 0 saturated heterocycles. The van der Waals surface area contributed by atoms with E-state index >= 15 is 0 Å². The first kappa shape index (κ1) is 30.2. The molecule has 2 heteroatoms. The van der Waals surface area contributed by atoms with Crippen molar-refractivity contribution in [1.29, 1.82) is 0 Å². The minimum Gasteiger partial charge on any atom is -0.294 e. The lowest BCUT2D eigenvalue weighted by Crippen LogP contribution is -1.95. The first-order chi connectivity index (χ1) is 27.3. The lowest BCUT2D eigenvalue weighted by atomic mass is 9.82. The summed E-state index contributed by atoms with van der Waals surface area (Å²) in [6.07, 6.45) is 1.89. The van der Waals surface area contributed by atoms with Crippen molar-refractivity contribution >= 4 is 54.3 Å². The van der Waals surface area contributed by atoms with E-state index in [1.807, 2.05) is 12.3 Å². The quantitative estimate of drug-likeness (QED) is 0.179. The van der Waals surface area contributed by atoms with Crippen LogP contribution in [0.1, 0.15) is 0 Å². The molecule has 12 rings (SSSR count). The molecule has 2 heterocycles. The minimum atomic E-state index is 0.972. The Bertz CT molecular complexity index is 3250. The van der Waals surface area contributed by atoms with Gasteiger partial charge in [0.25, 0.3) is 0 Å². The average Bonchev–Trinajstić information content (AvgIpc) is 3.76. The summed E-state index contributed by atoms with van der Waals surface area (Å²) < 4.78 is 2.31. The van der Waals surface area contributed by atoms with E-state index in [1.165, 1.54) is 98.9 Å². The number of nitrogens with zero attached hydrogens (tertiary/aromatic N) is 2. The van der Waals surface area contributed by atoms with Gasteiger partial charge in [-0.3, -0.25) is 4.57 Å². The molecule has 0 atom stereocenters. The average molecular weight is 697 g/mol. The Labute approximate surface area is 318 Å². The molecule has 1 aliphatic carbocycles. The third-order valence-electron chi connectivity index (χ3n) is 11.8. The number of rotatable bonds is 4. The summed E-state index contributed by atoms with van der Waals surface area (Å²) in [6.45, 7) is 0. The number of hydrogen-bond acceptors (Lipinski definition) is 1. The molecule has 1 aliphatic rings. The molecule has 0 radical (unpaired) electrons. The van der Waals surface area contributed by atoms with Gasteiger partial charge in [0.1, 0.15) is 5.65 Å². The monoisotopic (exact) mass is 696 g/mol. The molecule has 9 aromatic carbocycles. The molecular weight excluding hydrogens is 665 g/mol. The molecule has 0 unspecified atom stereocenters. The van der Waals surface area contributed by atoms with Gasteiger partial charge in [0.05, 0.1) is 5.52 Å². The first-order valence-electron chi connectivity index (χ1n) is 19.0. The van der Waals surface area contributed by atoms with Crippen molar-refractivity contribution in [3.8, 4) is 61.3 Å². The molecule has 55 heavy (non-hydrogen) atoms. The summed E-state index contributed by atoms with van der Waals surface area (Å²) in [4.78, 5) is 4.89. The van der Waals surface area contributed by atoms with Crippen molar-refractivity contribution in [1.82, 2.24) is 9.55 Å². The Morgan fingerprint density at radius 1 is 0.345 bits per heavy atom. The SMILES string of the molecule is c1ccc(-c2c3c(c(-c4ccccc4)c4ccccc24)-c2ccc(-c4ccc(-n5c6cc7ccccc7cc6c6cccnc65)cc4)c4cccc-3c24)cc1. The van der Waals surface area contributed by atoms with Crippen LogP contribution in [0.15, 0.2) is 194 Å². The van der Waals surface area contributed by atoms with Crippen molar-refractivity contribution in [2.24, 2.45) is 0 Å². The molecule has 0 fully saturated rings. The molecule has 11 aromatic rings. The second-order valence-corrected chi connectivity index (χ2v) is 14.6. The van der Waals surface area contributed by atoms with E-state index in [0.717, 1.165) is 16.7 Å². The van der Waals surface area contributed by atoms with Gasteiger partial charge in [-0.25, -0.2) is 4.98 Å². The fourth-order valence-corrected chi connectivity index (χ4v) is 9.44. The van der Waals surface area contributed by atoms with E-state index in [2.05, 4.69) is 187 Å². The van der Waals surface area contributed by atoms with Crippen LogP contribution in [0, 0.1) is 0 Å². The molecule has 0 spiro atoms. The van der Waals surface area contributed by atoms with Crippen LogP contribution in [0.5, 0.6) is 0 Å². The highest BCUT2D eigenvalue weighted by Gasteiger charge is 2.31. The number of hydrogen-bond donors (Lipinski definition) is 0. The van der Waals surface area contributed by atoms with Crippen LogP contribution in [0.25, 0.3) is 116 Å². The molecule has 0 amide bonds. The second-order valence-electron chi connectivity index (χ2n) is 14.6. The van der Waals surface area contributed by atoms with Crippen molar-refractivity contribution in [3.05, 3.63) is 194 Å².